The summed E-state index contributed by atoms with van der Waals surface area (Å²) in [5, 5.41) is 3.03. The van der Waals surface area contributed by atoms with Gasteiger partial charge in [0.2, 0.25) is 11.8 Å². The number of carbonyl (C=O) groups excluding carboxylic acids is 3. The van der Waals surface area contributed by atoms with Crippen LogP contribution in [-0.4, -0.2) is 58.8 Å². The monoisotopic (exact) mass is 521 g/mol. The molecule has 1 aliphatic carbocycles. The number of halogens is 1. The maximum absolute atomic E-state index is 13.0. The molecule has 1 saturated carbocycles. The Morgan fingerprint density at radius 3 is 2.62 bits per heavy atom. The van der Waals surface area contributed by atoms with Crippen molar-refractivity contribution in [3.63, 3.8) is 0 Å². The Labute approximate surface area is 222 Å². The molecule has 3 atom stereocenters. The van der Waals surface area contributed by atoms with Gasteiger partial charge >= 0.3 is 0 Å². The predicted octanol–water partition coefficient (Wildman–Crippen LogP) is 3.97. The normalized spacial score (nSPS) is 26.6. The van der Waals surface area contributed by atoms with Gasteiger partial charge in [0, 0.05) is 37.7 Å². The molecule has 3 heterocycles. The minimum Gasteiger partial charge on any atom is -0.486 e. The van der Waals surface area contributed by atoms with E-state index in [1.165, 1.54) is 31.2 Å². The van der Waals surface area contributed by atoms with E-state index in [1.54, 1.807) is 4.90 Å². The first kappa shape index (κ1) is 24.4. The number of likely N-dealkylation sites (tertiary alicyclic amines) is 1. The third-order valence-electron chi connectivity index (χ3n) is 8.43. The molecule has 1 unspecified atom stereocenters. The number of nitrogens with one attached hydrogen (secondary N) is 1. The van der Waals surface area contributed by atoms with Crippen molar-refractivity contribution in [2.45, 2.75) is 69.7 Å². The average Bonchev–Trinajstić information content (AvgIpc) is 3.18. The zero-order valence-corrected chi connectivity index (χ0v) is 21.6. The maximum Gasteiger partial charge on any atom is 0.255 e. The first-order valence-corrected chi connectivity index (χ1v) is 13.8. The van der Waals surface area contributed by atoms with E-state index in [0.29, 0.717) is 35.5 Å². The van der Waals surface area contributed by atoms with Crippen molar-refractivity contribution >= 4 is 29.3 Å². The number of piperidine rings is 1. The first-order valence-electron chi connectivity index (χ1n) is 13.4. The van der Waals surface area contributed by atoms with E-state index in [0.717, 1.165) is 30.8 Å². The Morgan fingerprint density at radius 1 is 1.00 bits per heavy atom. The highest BCUT2D eigenvalue weighted by Crippen LogP contribution is 2.36. The molecule has 0 spiro atoms. The molecule has 3 aliphatic heterocycles. The van der Waals surface area contributed by atoms with Gasteiger partial charge in [-0.25, -0.2) is 0 Å². The molecule has 37 heavy (non-hydrogen) atoms. The molecule has 4 aliphatic rings. The van der Waals surface area contributed by atoms with Gasteiger partial charge < -0.3 is 9.64 Å². The number of carbonyl (C=O) groups is 3. The standard InChI is InChI=1S/C29H32ClN3O4/c30-23-6-2-4-8-26(23)37-21-16-32(17-21)24-7-3-1-5-19(24)13-18-9-10-22-20(14-18)15-33(29(22)36)25-11-12-27(34)31-28(25)35/h2,4,6,8-10,14,19,21,24-25H,1,3,5,7,11-13,15-17H2,(H,31,34,35)/t19-,24+,25?/m1/s1. The molecule has 3 fully saturated rings. The lowest BCUT2D eigenvalue weighted by Gasteiger charge is -2.48. The smallest absolute Gasteiger partial charge is 0.255 e. The Kier molecular flexibility index (Phi) is 6.67. The summed E-state index contributed by atoms with van der Waals surface area (Å²) in [5.74, 6) is 0.578. The van der Waals surface area contributed by atoms with Gasteiger partial charge in [-0.2, -0.15) is 0 Å². The van der Waals surface area contributed by atoms with Gasteiger partial charge in [0.15, 0.2) is 0 Å². The topological polar surface area (TPSA) is 79.0 Å². The van der Waals surface area contributed by atoms with Gasteiger partial charge in [0.1, 0.15) is 17.9 Å². The Morgan fingerprint density at radius 2 is 1.81 bits per heavy atom. The zero-order valence-electron chi connectivity index (χ0n) is 20.8. The van der Waals surface area contributed by atoms with E-state index in [-0.39, 0.29) is 30.2 Å². The summed E-state index contributed by atoms with van der Waals surface area (Å²) in [6, 6.07) is 13.8. The van der Waals surface area contributed by atoms with Crippen LogP contribution >= 0.6 is 11.6 Å². The number of ether oxygens (including phenoxy) is 1. The van der Waals surface area contributed by atoms with E-state index in [2.05, 4.69) is 22.3 Å². The molecule has 194 valence electrons. The van der Waals surface area contributed by atoms with Gasteiger partial charge in [-0.05, 0) is 60.9 Å². The van der Waals surface area contributed by atoms with Gasteiger partial charge in [-0.3, -0.25) is 24.6 Å². The summed E-state index contributed by atoms with van der Waals surface area (Å²) in [5.41, 5.74) is 2.91. The lowest BCUT2D eigenvalue weighted by atomic mass is 9.78. The van der Waals surface area contributed by atoms with E-state index < -0.39 is 6.04 Å². The number of hydrogen-bond donors (Lipinski definition) is 1. The third kappa shape index (κ3) is 4.87. The second-order valence-electron chi connectivity index (χ2n) is 10.8. The van der Waals surface area contributed by atoms with Crippen LogP contribution in [0.2, 0.25) is 5.02 Å². The van der Waals surface area contributed by atoms with Crippen molar-refractivity contribution in [2.24, 2.45) is 5.92 Å². The molecule has 0 aromatic heterocycles. The van der Waals surface area contributed by atoms with Gasteiger partial charge in [-0.15, -0.1) is 0 Å². The van der Waals surface area contributed by atoms with Crippen LogP contribution in [0, 0.1) is 5.92 Å². The number of benzene rings is 2. The van der Waals surface area contributed by atoms with E-state index in [1.807, 2.05) is 30.3 Å². The highest BCUT2D eigenvalue weighted by molar-refractivity contribution is 6.32. The second-order valence-corrected chi connectivity index (χ2v) is 11.2. The van der Waals surface area contributed by atoms with Crippen molar-refractivity contribution in [1.82, 2.24) is 15.1 Å². The molecule has 8 heteroatoms. The van der Waals surface area contributed by atoms with Crippen molar-refractivity contribution in [1.29, 1.82) is 0 Å². The molecule has 0 radical (unpaired) electrons. The fraction of sp³-hybridized carbons (Fsp3) is 0.483. The molecular weight excluding hydrogens is 490 g/mol. The van der Waals surface area contributed by atoms with Crippen LogP contribution in [0.25, 0.3) is 0 Å². The molecule has 0 bridgehead atoms. The minimum absolute atomic E-state index is 0.114. The molecule has 2 saturated heterocycles. The van der Waals surface area contributed by atoms with Crippen LogP contribution in [0.4, 0.5) is 0 Å². The zero-order chi connectivity index (χ0) is 25.5. The Bertz CT molecular complexity index is 1230. The molecule has 2 aromatic carbocycles. The number of amides is 3. The lowest BCUT2D eigenvalue weighted by Crippen LogP contribution is -2.60. The van der Waals surface area contributed by atoms with Crippen LogP contribution < -0.4 is 10.1 Å². The van der Waals surface area contributed by atoms with Crippen molar-refractivity contribution in [2.75, 3.05) is 13.1 Å². The molecule has 7 nitrogen and oxygen atoms in total. The highest BCUT2D eigenvalue weighted by atomic mass is 35.5. The van der Waals surface area contributed by atoms with Crippen LogP contribution in [0.1, 0.15) is 60.0 Å². The SMILES string of the molecule is O=C1CCC(N2Cc3cc(C[C@H]4CCCC[C@@H]4N4CC(Oc5ccccc5Cl)C4)ccc3C2=O)C(=O)N1. The fourth-order valence-electron chi connectivity index (χ4n) is 6.50. The number of hydrogen-bond acceptors (Lipinski definition) is 5. The summed E-state index contributed by atoms with van der Waals surface area (Å²) in [6.45, 7) is 2.27. The maximum atomic E-state index is 13.0. The Hall–Kier alpha value is -2.90. The average molecular weight is 522 g/mol. The lowest BCUT2D eigenvalue weighted by molar-refractivity contribution is -0.136. The number of nitrogens with zero attached hydrogens (tertiary/aromatic N) is 2. The summed E-state index contributed by atoms with van der Waals surface area (Å²) in [7, 11) is 0. The highest BCUT2D eigenvalue weighted by Gasteiger charge is 2.41. The largest absolute Gasteiger partial charge is 0.486 e. The number of rotatable bonds is 6. The van der Waals surface area contributed by atoms with Gasteiger partial charge in [-0.1, -0.05) is 48.7 Å². The van der Waals surface area contributed by atoms with Gasteiger partial charge in [0.25, 0.3) is 5.91 Å². The second kappa shape index (κ2) is 10.1. The first-order chi connectivity index (χ1) is 18.0. The van der Waals surface area contributed by atoms with Crippen LogP contribution in [0.15, 0.2) is 42.5 Å². The number of para-hydroxylation sites is 1. The molecule has 3 amide bonds. The molecule has 1 N–H and O–H groups in total. The van der Waals surface area contributed by atoms with Crippen LogP contribution in [0.3, 0.4) is 0 Å². The molecular formula is C29H32ClN3O4. The summed E-state index contributed by atoms with van der Waals surface area (Å²) < 4.78 is 6.13. The van der Waals surface area contributed by atoms with Crippen molar-refractivity contribution < 1.29 is 19.1 Å². The summed E-state index contributed by atoms with van der Waals surface area (Å²) in [4.78, 5) is 41.1. The Balaban J connectivity index is 1.09. The van der Waals surface area contributed by atoms with Crippen LogP contribution in [0.5, 0.6) is 5.75 Å². The van der Waals surface area contributed by atoms with Gasteiger partial charge in [0.05, 0.1) is 5.02 Å². The van der Waals surface area contributed by atoms with Crippen molar-refractivity contribution in [3.05, 3.63) is 64.2 Å². The van der Waals surface area contributed by atoms with E-state index >= 15 is 0 Å². The minimum atomic E-state index is -0.573. The quantitative estimate of drug-likeness (QED) is 0.582. The van der Waals surface area contributed by atoms with E-state index in [4.69, 9.17) is 16.3 Å². The fourth-order valence-corrected chi connectivity index (χ4v) is 6.68. The van der Waals surface area contributed by atoms with Crippen molar-refractivity contribution in [3.8, 4) is 5.75 Å². The predicted molar refractivity (Wildman–Crippen MR) is 139 cm³/mol. The van der Waals surface area contributed by atoms with E-state index in [9.17, 15) is 14.4 Å². The summed E-state index contributed by atoms with van der Waals surface area (Å²) in [6.07, 6.45) is 6.73. The third-order valence-corrected chi connectivity index (χ3v) is 8.74. The summed E-state index contributed by atoms with van der Waals surface area (Å²) >= 11 is 6.27. The number of fused-ring (bicyclic) bond motifs is 1. The molecule has 2 aromatic rings. The number of imide groups is 1. The van der Waals surface area contributed by atoms with Crippen LogP contribution in [-0.2, 0) is 22.6 Å². The molecule has 6 rings (SSSR count).